The molecular weight excluding hydrogens is 374 g/mol. The van der Waals surface area contributed by atoms with Crippen LogP contribution in [-0.2, 0) is 21.4 Å². The van der Waals surface area contributed by atoms with Gasteiger partial charge in [0.1, 0.15) is 6.61 Å². The molecular formula is C17H15N3O6S. The van der Waals surface area contributed by atoms with Crippen LogP contribution in [0.4, 0.5) is 5.69 Å². The van der Waals surface area contributed by atoms with Crippen molar-refractivity contribution in [2.75, 3.05) is 6.54 Å². The monoisotopic (exact) mass is 389 g/mol. The molecule has 1 N–H and O–H groups in total. The molecule has 10 heteroatoms. The molecule has 2 aromatic carbocycles. The molecule has 0 aliphatic carbocycles. The average molecular weight is 389 g/mol. The predicted octanol–water partition coefficient (Wildman–Crippen LogP) is 2.14. The number of rotatable bonds is 8. The lowest BCUT2D eigenvalue weighted by Crippen LogP contribution is -2.24. The highest BCUT2D eigenvalue weighted by atomic mass is 32.2. The summed E-state index contributed by atoms with van der Waals surface area (Å²) in [6.45, 7) is -0.301. The molecule has 0 bridgehead atoms. The van der Waals surface area contributed by atoms with E-state index in [1.807, 2.05) is 6.07 Å². The van der Waals surface area contributed by atoms with E-state index < -0.39 is 20.9 Å². The fraction of sp³-hybridized carbons (Fsp3) is 0.176. The summed E-state index contributed by atoms with van der Waals surface area (Å²) >= 11 is 0. The Kier molecular flexibility index (Phi) is 6.59. The molecule has 9 nitrogen and oxygen atoms in total. The number of benzene rings is 2. The van der Waals surface area contributed by atoms with E-state index in [1.54, 1.807) is 6.07 Å². The van der Waals surface area contributed by atoms with Gasteiger partial charge in [-0.2, -0.15) is 5.26 Å². The number of ether oxygens (including phenoxy) is 1. The van der Waals surface area contributed by atoms with E-state index in [2.05, 4.69) is 4.72 Å². The first kappa shape index (κ1) is 20.0. The fourth-order valence-corrected chi connectivity index (χ4v) is 3.16. The van der Waals surface area contributed by atoms with Crippen molar-refractivity contribution < 1.29 is 22.9 Å². The van der Waals surface area contributed by atoms with Gasteiger partial charge in [0.05, 0.1) is 27.0 Å². The first-order valence-electron chi connectivity index (χ1n) is 7.71. The highest BCUT2D eigenvalue weighted by Crippen LogP contribution is 2.19. The largest absolute Gasteiger partial charge is 0.457 e. The Bertz CT molecular complexity index is 980. The number of carbonyl (C=O) groups is 1. The summed E-state index contributed by atoms with van der Waals surface area (Å²) in [5, 5.41) is 19.4. The molecule has 0 spiro atoms. The van der Waals surface area contributed by atoms with Crippen molar-refractivity contribution in [3.63, 3.8) is 0 Å². The molecule has 0 fully saturated rings. The number of nitriles is 1. The Morgan fingerprint density at radius 1 is 1.19 bits per heavy atom. The maximum absolute atomic E-state index is 12.1. The zero-order valence-corrected chi connectivity index (χ0v) is 14.8. The minimum absolute atomic E-state index is 0.0154. The molecule has 0 aromatic heterocycles. The van der Waals surface area contributed by atoms with E-state index in [1.165, 1.54) is 42.5 Å². The summed E-state index contributed by atoms with van der Waals surface area (Å²) in [4.78, 5) is 22.4. The molecule has 0 saturated heterocycles. The first-order chi connectivity index (χ1) is 12.8. The fourth-order valence-electron chi connectivity index (χ4n) is 2.13. The first-order valence-corrected chi connectivity index (χ1v) is 9.19. The number of hydrogen-bond donors (Lipinski definition) is 1. The van der Waals surface area contributed by atoms with Crippen molar-refractivity contribution in [3.05, 3.63) is 69.8 Å². The van der Waals surface area contributed by atoms with E-state index in [0.717, 1.165) is 0 Å². The van der Waals surface area contributed by atoms with Gasteiger partial charge >= 0.3 is 5.97 Å². The summed E-state index contributed by atoms with van der Waals surface area (Å²) in [7, 11) is -3.77. The van der Waals surface area contributed by atoms with Gasteiger partial charge in [-0.25, -0.2) is 17.9 Å². The standard InChI is InChI=1S/C17H15N3O6S/c18-10-3-11-19-27(24,25)15-8-6-13(7-9-15)17(21)26-12-14-4-1-2-5-16(14)20(22)23/h1-2,4-9,19H,3,11-12H2. The smallest absolute Gasteiger partial charge is 0.338 e. The topological polar surface area (TPSA) is 139 Å². The predicted molar refractivity (Wildman–Crippen MR) is 94.1 cm³/mol. The van der Waals surface area contributed by atoms with Crippen molar-refractivity contribution in [2.24, 2.45) is 0 Å². The highest BCUT2D eigenvalue weighted by Gasteiger charge is 2.17. The number of nitrogens with zero attached hydrogens (tertiary/aromatic N) is 2. The van der Waals surface area contributed by atoms with Crippen LogP contribution in [0.15, 0.2) is 53.4 Å². The van der Waals surface area contributed by atoms with Crippen LogP contribution < -0.4 is 4.72 Å². The number of nitro groups is 1. The minimum Gasteiger partial charge on any atom is -0.457 e. The van der Waals surface area contributed by atoms with Crippen LogP contribution in [0.1, 0.15) is 22.3 Å². The second-order valence-corrected chi connectivity index (χ2v) is 7.06. The summed E-state index contributed by atoms with van der Waals surface area (Å²) in [5.41, 5.74) is 0.191. The van der Waals surface area contributed by atoms with Crippen molar-refractivity contribution >= 4 is 21.7 Å². The highest BCUT2D eigenvalue weighted by molar-refractivity contribution is 7.89. The van der Waals surface area contributed by atoms with E-state index in [9.17, 15) is 23.3 Å². The van der Waals surface area contributed by atoms with E-state index >= 15 is 0 Å². The normalized spacial score (nSPS) is 10.8. The van der Waals surface area contributed by atoms with E-state index in [0.29, 0.717) is 0 Å². The Morgan fingerprint density at radius 3 is 2.48 bits per heavy atom. The molecule has 0 heterocycles. The van der Waals surface area contributed by atoms with Gasteiger partial charge in [0, 0.05) is 19.0 Å². The number of hydrogen-bond acceptors (Lipinski definition) is 7. The lowest BCUT2D eigenvalue weighted by atomic mass is 10.2. The van der Waals surface area contributed by atoms with Crippen LogP contribution in [0, 0.1) is 21.4 Å². The summed E-state index contributed by atoms with van der Waals surface area (Å²) < 4.78 is 31.3. The molecule has 2 rings (SSSR count). The molecule has 0 saturated carbocycles. The van der Waals surface area contributed by atoms with Crippen LogP contribution in [0.5, 0.6) is 0 Å². The van der Waals surface area contributed by atoms with Gasteiger partial charge in [-0.05, 0) is 30.3 Å². The number of para-hydroxylation sites is 1. The zero-order valence-electron chi connectivity index (χ0n) is 14.0. The third-order valence-electron chi connectivity index (χ3n) is 3.48. The Morgan fingerprint density at radius 2 is 1.85 bits per heavy atom. The second kappa shape index (κ2) is 8.88. The minimum atomic E-state index is -3.77. The van der Waals surface area contributed by atoms with Crippen molar-refractivity contribution in [1.29, 1.82) is 5.26 Å². The number of carbonyl (C=O) groups excluding carboxylic acids is 1. The van der Waals surface area contributed by atoms with E-state index in [4.69, 9.17) is 10.00 Å². The molecule has 0 aliphatic heterocycles. The molecule has 0 unspecified atom stereocenters. The maximum atomic E-state index is 12.1. The molecule has 0 radical (unpaired) electrons. The quantitative estimate of drug-likeness (QED) is 0.316. The van der Waals surface area contributed by atoms with Gasteiger partial charge in [-0.3, -0.25) is 10.1 Å². The van der Waals surface area contributed by atoms with E-state index in [-0.39, 0.29) is 41.3 Å². The van der Waals surface area contributed by atoms with Crippen LogP contribution in [0.3, 0.4) is 0 Å². The second-order valence-electron chi connectivity index (χ2n) is 5.29. The molecule has 2 aromatic rings. The van der Waals surface area contributed by atoms with Crippen LogP contribution in [-0.4, -0.2) is 25.9 Å². The Balaban J connectivity index is 2.04. The number of nitro benzene ring substituents is 1. The molecule has 140 valence electrons. The van der Waals surface area contributed by atoms with Crippen LogP contribution in [0.25, 0.3) is 0 Å². The number of sulfonamides is 1. The zero-order chi connectivity index (χ0) is 19.9. The lowest BCUT2D eigenvalue weighted by Gasteiger charge is -2.07. The number of esters is 1. The van der Waals surface area contributed by atoms with Crippen molar-refractivity contribution in [1.82, 2.24) is 4.72 Å². The summed E-state index contributed by atoms with van der Waals surface area (Å²) in [5.74, 6) is -0.741. The Labute approximate surface area is 155 Å². The van der Waals surface area contributed by atoms with Crippen molar-refractivity contribution in [3.8, 4) is 6.07 Å². The molecule has 27 heavy (non-hydrogen) atoms. The van der Waals surface area contributed by atoms with Crippen molar-refractivity contribution in [2.45, 2.75) is 17.9 Å². The molecule has 0 amide bonds. The number of nitrogens with one attached hydrogen (secondary N) is 1. The molecule has 0 atom stereocenters. The average Bonchev–Trinajstić information content (AvgIpc) is 2.66. The van der Waals surface area contributed by atoms with Gasteiger partial charge < -0.3 is 4.74 Å². The van der Waals surface area contributed by atoms with Gasteiger partial charge in [0.25, 0.3) is 5.69 Å². The third-order valence-corrected chi connectivity index (χ3v) is 4.95. The van der Waals surface area contributed by atoms with Crippen LogP contribution in [0.2, 0.25) is 0 Å². The molecule has 0 aliphatic rings. The van der Waals surface area contributed by atoms with Crippen LogP contribution >= 0.6 is 0 Å². The van der Waals surface area contributed by atoms with Gasteiger partial charge in [0.2, 0.25) is 10.0 Å². The maximum Gasteiger partial charge on any atom is 0.338 e. The summed E-state index contributed by atoms with van der Waals surface area (Å²) in [6.07, 6.45) is 0.0370. The van der Waals surface area contributed by atoms with Gasteiger partial charge in [0.15, 0.2) is 0 Å². The summed E-state index contributed by atoms with van der Waals surface area (Å²) in [6, 6.07) is 12.7. The Hall–Kier alpha value is -3.29. The SMILES string of the molecule is N#CCCNS(=O)(=O)c1ccc(C(=O)OCc2ccccc2[N+](=O)[O-])cc1. The lowest BCUT2D eigenvalue weighted by molar-refractivity contribution is -0.385. The van der Waals surface area contributed by atoms with Gasteiger partial charge in [-0.1, -0.05) is 12.1 Å². The van der Waals surface area contributed by atoms with Gasteiger partial charge in [-0.15, -0.1) is 0 Å². The third kappa shape index (κ3) is 5.34.